The zero-order valence-corrected chi connectivity index (χ0v) is 13.3. The van der Waals surface area contributed by atoms with E-state index in [1.807, 2.05) is 0 Å². The molecule has 1 aromatic carbocycles. The van der Waals surface area contributed by atoms with Crippen molar-refractivity contribution < 1.29 is 33.0 Å². The van der Waals surface area contributed by atoms with Crippen molar-refractivity contribution >= 4 is 12.1 Å². The number of amides is 1. The van der Waals surface area contributed by atoms with Gasteiger partial charge in [-0.25, -0.2) is 18.4 Å². The zero-order valence-electron chi connectivity index (χ0n) is 13.3. The molecule has 6 nitrogen and oxygen atoms in total. The number of rotatable bonds is 5. The van der Waals surface area contributed by atoms with Gasteiger partial charge in [-0.05, 0) is 20.8 Å². The van der Waals surface area contributed by atoms with Crippen LogP contribution in [0.25, 0.3) is 0 Å². The van der Waals surface area contributed by atoms with Crippen LogP contribution in [0.4, 0.5) is 13.6 Å². The SMILES string of the molecule is COc1cc(F)c(C[C@H](NC(=O)OC(C)(C)C)C(=O)O)c(F)c1. The van der Waals surface area contributed by atoms with Crippen molar-refractivity contribution in [1.29, 1.82) is 0 Å². The Balaban J connectivity index is 2.93. The number of carbonyl (C=O) groups excluding carboxylic acids is 1. The number of hydrogen-bond acceptors (Lipinski definition) is 4. The number of carbonyl (C=O) groups is 2. The summed E-state index contributed by atoms with van der Waals surface area (Å²) in [6, 6.07) is 0.331. The summed E-state index contributed by atoms with van der Waals surface area (Å²) in [5.74, 6) is -3.39. The Kier molecular flexibility index (Phi) is 5.89. The molecule has 1 aromatic rings. The molecule has 0 unspecified atom stereocenters. The van der Waals surface area contributed by atoms with Crippen LogP contribution < -0.4 is 10.1 Å². The predicted molar refractivity (Wildman–Crippen MR) is 77.4 cm³/mol. The molecule has 128 valence electrons. The van der Waals surface area contributed by atoms with E-state index < -0.39 is 47.3 Å². The Morgan fingerprint density at radius 2 is 1.78 bits per heavy atom. The third-order valence-electron chi connectivity index (χ3n) is 2.75. The van der Waals surface area contributed by atoms with Gasteiger partial charge in [0.05, 0.1) is 7.11 Å². The lowest BCUT2D eigenvalue weighted by atomic mass is 10.0. The lowest BCUT2D eigenvalue weighted by molar-refractivity contribution is -0.139. The Morgan fingerprint density at radius 1 is 1.26 bits per heavy atom. The van der Waals surface area contributed by atoms with Crippen molar-refractivity contribution in [2.75, 3.05) is 7.11 Å². The van der Waals surface area contributed by atoms with Crippen LogP contribution in [0.15, 0.2) is 12.1 Å². The lowest BCUT2D eigenvalue weighted by Crippen LogP contribution is -2.45. The van der Waals surface area contributed by atoms with Gasteiger partial charge in [0, 0.05) is 24.1 Å². The number of nitrogens with one attached hydrogen (secondary N) is 1. The first-order chi connectivity index (χ1) is 10.5. The highest BCUT2D eigenvalue weighted by Gasteiger charge is 2.26. The molecule has 1 rings (SSSR count). The topological polar surface area (TPSA) is 84.9 Å². The third-order valence-corrected chi connectivity index (χ3v) is 2.75. The van der Waals surface area contributed by atoms with Crippen LogP contribution in [0.5, 0.6) is 5.75 Å². The van der Waals surface area contributed by atoms with Crippen molar-refractivity contribution in [3.8, 4) is 5.75 Å². The Morgan fingerprint density at radius 3 is 2.17 bits per heavy atom. The van der Waals surface area contributed by atoms with Crippen LogP contribution in [0, 0.1) is 11.6 Å². The van der Waals surface area contributed by atoms with Crippen molar-refractivity contribution in [1.82, 2.24) is 5.32 Å². The Bertz CT molecular complexity index is 575. The van der Waals surface area contributed by atoms with Crippen molar-refractivity contribution in [3.63, 3.8) is 0 Å². The van der Waals surface area contributed by atoms with Gasteiger partial charge >= 0.3 is 12.1 Å². The minimum Gasteiger partial charge on any atom is -0.497 e. The monoisotopic (exact) mass is 331 g/mol. The van der Waals surface area contributed by atoms with Gasteiger partial charge in [-0.2, -0.15) is 0 Å². The summed E-state index contributed by atoms with van der Waals surface area (Å²) in [7, 11) is 1.25. The highest BCUT2D eigenvalue weighted by Crippen LogP contribution is 2.22. The van der Waals surface area contributed by atoms with Gasteiger partial charge in [0.25, 0.3) is 0 Å². The minimum atomic E-state index is -1.54. The lowest BCUT2D eigenvalue weighted by Gasteiger charge is -2.22. The molecule has 0 saturated carbocycles. The molecular formula is C15H19F2NO5. The second kappa shape index (κ2) is 7.26. The number of ether oxygens (including phenoxy) is 2. The largest absolute Gasteiger partial charge is 0.497 e. The maximum absolute atomic E-state index is 13.9. The first-order valence-electron chi connectivity index (χ1n) is 6.77. The number of halogens is 2. The van der Waals surface area contributed by atoms with E-state index >= 15 is 0 Å². The van der Waals surface area contributed by atoms with E-state index in [2.05, 4.69) is 5.32 Å². The summed E-state index contributed by atoms with van der Waals surface area (Å²) in [5, 5.41) is 11.2. The van der Waals surface area contributed by atoms with Gasteiger partial charge < -0.3 is 19.9 Å². The third kappa shape index (κ3) is 5.72. The molecule has 0 aromatic heterocycles. The maximum atomic E-state index is 13.9. The van der Waals surface area contributed by atoms with Gasteiger partial charge in [0.1, 0.15) is 29.0 Å². The van der Waals surface area contributed by atoms with E-state index in [0.717, 1.165) is 12.1 Å². The summed E-state index contributed by atoms with van der Waals surface area (Å²) >= 11 is 0. The predicted octanol–water partition coefficient (Wildman–Crippen LogP) is 2.49. The quantitative estimate of drug-likeness (QED) is 0.866. The number of carboxylic acid groups (broad SMARTS) is 1. The van der Waals surface area contributed by atoms with Crippen LogP contribution in [0.2, 0.25) is 0 Å². The first kappa shape index (κ1) is 18.7. The van der Waals surface area contributed by atoms with Crippen LogP contribution in [0.3, 0.4) is 0 Å². The van der Waals surface area contributed by atoms with Crippen LogP contribution in [-0.4, -0.2) is 35.9 Å². The molecule has 2 N–H and O–H groups in total. The Labute approximate surface area is 132 Å². The second-order valence-electron chi connectivity index (χ2n) is 5.81. The van der Waals surface area contributed by atoms with Crippen molar-refractivity contribution in [3.05, 3.63) is 29.3 Å². The van der Waals surface area contributed by atoms with Crippen molar-refractivity contribution in [2.45, 2.75) is 38.8 Å². The zero-order chi connectivity index (χ0) is 17.8. The van der Waals surface area contributed by atoms with E-state index in [1.165, 1.54) is 7.11 Å². The van der Waals surface area contributed by atoms with Gasteiger partial charge in [-0.3, -0.25) is 0 Å². The fraction of sp³-hybridized carbons (Fsp3) is 0.467. The summed E-state index contributed by atoms with van der Waals surface area (Å²) in [5.41, 5.74) is -1.29. The molecule has 0 radical (unpaired) electrons. The highest BCUT2D eigenvalue weighted by molar-refractivity contribution is 5.80. The highest BCUT2D eigenvalue weighted by atomic mass is 19.1. The molecule has 1 amide bonds. The fourth-order valence-corrected chi connectivity index (χ4v) is 1.75. The molecule has 0 aliphatic rings. The number of alkyl carbamates (subject to hydrolysis) is 1. The molecule has 23 heavy (non-hydrogen) atoms. The van der Waals surface area contributed by atoms with Crippen molar-refractivity contribution in [2.24, 2.45) is 0 Å². The van der Waals surface area contributed by atoms with E-state index in [9.17, 15) is 18.4 Å². The first-order valence-corrected chi connectivity index (χ1v) is 6.77. The van der Waals surface area contributed by atoms with Gasteiger partial charge in [0.2, 0.25) is 0 Å². The molecular weight excluding hydrogens is 312 g/mol. The van der Waals surface area contributed by atoms with Crippen LogP contribution in [0.1, 0.15) is 26.3 Å². The fourth-order valence-electron chi connectivity index (χ4n) is 1.75. The van der Waals surface area contributed by atoms with E-state index in [0.29, 0.717) is 0 Å². The standard InChI is InChI=1S/C15H19F2NO5/c1-15(2,3)23-14(21)18-12(13(19)20)7-9-10(16)5-8(22-4)6-11(9)17/h5-6,12H,7H2,1-4H3,(H,18,21)(H,19,20)/t12-/m0/s1. The summed E-state index contributed by atoms with van der Waals surface area (Å²) < 4.78 is 37.4. The smallest absolute Gasteiger partial charge is 0.408 e. The van der Waals surface area contributed by atoms with E-state index in [4.69, 9.17) is 14.6 Å². The van der Waals surface area contributed by atoms with Gasteiger partial charge in [-0.15, -0.1) is 0 Å². The number of hydrogen-bond donors (Lipinski definition) is 2. The van der Waals surface area contributed by atoms with E-state index in [1.54, 1.807) is 20.8 Å². The average Bonchev–Trinajstić information content (AvgIpc) is 2.38. The number of methoxy groups -OCH3 is 1. The molecule has 0 saturated heterocycles. The molecule has 0 spiro atoms. The molecule has 0 heterocycles. The summed E-state index contributed by atoms with van der Waals surface area (Å²) in [6.45, 7) is 4.81. The molecule has 8 heteroatoms. The number of carboxylic acids is 1. The van der Waals surface area contributed by atoms with Crippen LogP contribution >= 0.6 is 0 Å². The number of aliphatic carboxylic acids is 1. The summed E-state index contributed by atoms with van der Waals surface area (Å²) in [4.78, 5) is 22.8. The van der Waals surface area contributed by atoms with Crippen LogP contribution in [-0.2, 0) is 16.0 Å². The Hall–Kier alpha value is -2.38. The molecule has 0 aliphatic carbocycles. The molecule has 0 aliphatic heterocycles. The van der Waals surface area contributed by atoms with E-state index in [-0.39, 0.29) is 5.75 Å². The molecule has 1 atom stereocenters. The normalized spacial score (nSPS) is 12.4. The number of benzene rings is 1. The molecule has 0 fully saturated rings. The average molecular weight is 331 g/mol. The maximum Gasteiger partial charge on any atom is 0.408 e. The van der Waals surface area contributed by atoms with Gasteiger partial charge in [0.15, 0.2) is 0 Å². The van der Waals surface area contributed by atoms with Gasteiger partial charge in [-0.1, -0.05) is 0 Å². The molecule has 0 bridgehead atoms. The second-order valence-corrected chi connectivity index (χ2v) is 5.81. The summed E-state index contributed by atoms with van der Waals surface area (Å²) in [6.07, 6.45) is -1.56. The minimum absolute atomic E-state index is 0.0317.